The van der Waals surface area contributed by atoms with E-state index in [4.69, 9.17) is 9.97 Å². The number of thiazole rings is 1. The van der Waals surface area contributed by atoms with Crippen LogP contribution in [-0.4, -0.2) is 62.0 Å². The zero-order valence-electron chi connectivity index (χ0n) is 23.0. The molecule has 5 heterocycles. The average molecular weight is 548 g/mol. The van der Waals surface area contributed by atoms with Crippen LogP contribution >= 0.6 is 11.3 Å². The molecule has 2 saturated heterocycles. The molecule has 0 bridgehead atoms. The van der Waals surface area contributed by atoms with Crippen LogP contribution in [0.25, 0.3) is 10.6 Å². The summed E-state index contributed by atoms with van der Waals surface area (Å²) in [6, 6.07) is 2.49. The van der Waals surface area contributed by atoms with Gasteiger partial charge in [0.05, 0.1) is 28.7 Å². The number of nitrogens with zero attached hydrogens (tertiary/aromatic N) is 6. The molecule has 0 unspecified atom stereocenters. The maximum atomic E-state index is 4.80. The van der Waals surface area contributed by atoms with Crippen molar-refractivity contribution < 1.29 is 0 Å². The van der Waals surface area contributed by atoms with Crippen molar-refractivity contribution >= 4 is 28.2 Å². The van der Waals surface area contributed by atoms with Gasteiger partial charge in [0.1, 0.15) is 0 Å². The number of hydrogen-bond donors (Lipinski definition) is 3. The molecule has 10 heteroatoms. The van der Waals surface area contributed by atoms with Crippen LogP contribution < -0.4 is 16.0 Å². The molecule has 3 aromatic heterocycles. The van der Waals surface area contributed by atoms with E-state index < -0.39 is 0 Å². The van der Waals surface area contributed by atoms with Crippen LogP contribution in [0.4, 0.5) is 16.9 Å². The Labute approximate surface area is 235 Å². The van der Waals surface area contributed by atoms with Crippen LogP contribution in [0.3, 0.4) is 0 Å². The quantitative estimate of drug-likeness (QED) is 0.342. The SMILES string of the molecule is Cc1cc(-c2cnc(Nc3cnc(CN4CCC(C5CCNCC5)CC4)cn3)s2)nc(NC2CCCCC2)n1. The Morgan fingerprint density at radius 1 is 0.897 bits per heavy atom. The highest BCUT2D eigenvalue weighted by molar-refractivity contribution is 7.18. The molecule has 9 nitrogen and oxygen atoms in total. The Bertz CT molecular complexity index is 1190. The molecule has 39 heavy (non-hydrogen) atoms. The van der Waals surface area contributed by atoms with Crippen LogP contribution in [-0.2, 0) is 6.54 Å². The molecule has 3 aromatic rings. The molecule has 2 aliphatic heterocycles. The van der Waals surface area contributed by atoms with E-state index >= 15 is 0 Å². The average Bonchev–Trinajstić information content (AvgIpc) is 3.44. The van der Waals surface area contributed by atoms with Gasteiger partial charge in [0.15, 0.2) is 10.9 Å². The number of hydrogen-bond acceptors (Lipinski definition) is 10. The third kappa shape index (κ3) is 7.10. The monoisotopic (exact) mass is 547 g/mol. The van der Waals surface area contributed by atoms with Gasteiger partial charge in [0, 0.05) is 24.5 Å². The van der Waals surface area contributed by atoms with Crippen LogP contribution in [0.1, 0.15) is 69.2 Å². The molecule has 208 valence electrons. The van der Waals surface area contributed by atoms with Crippen LogP contribution in [0, 0.1) is 18.8 Å². The molecular formula is C29H41N9S. The second-order valence-corrected chi connectivity index (χ2v) is 12.5. The molecule has 0 spiro atoms. The summed E-state index contributed by atoms with van der Waals surface area (Å²) in [5.74, 6) is 3.25. The van der Waals surface area contributed by atoms with Gasteiger partial charge in [-0.05, 0) is 89.5 Å². The van der Waals surface area contributed by atoms with Crippen molar-refractivity contribution in [1.29, 1.82) is 0 Å². The second kappa shape index (κ2) is 12.7. The zero-order valence-corrected chi connectivity index (χ0v) is 23.8. The van der Waals surface area contributed by atoms with Crippen molar-refractivity contribution in [2.75, 3.05) is 36.8 Å². The lowest BCUT2D eigenvalue weighted by molar-refractivity contribution is 0.125. The van der Waals surface area contributed by atoms with Crippen molar-refractivity contribution in [2.45, 2.75) is 77.3 Å². The third-order valence-electron chi connectivity index (χ3n) is 8.56. The van der Waals surface area contributed by atoms with Gasteiger partial charge >= 0.3 is 0 Å². The maximum absolute atomic E-state index is 4.80. The van der Waals surface area contributed by atoms with Crippen LogP contribution in [0.2, 0.25) is 0 Å². The number of aryl methyl sites for hydroxylation is 1. The first-order chi connectivity index (χ1) is 19.2. The summed E-state index contributed by atoms with van der Waals surface area (Å²) in [7, 11) is 0. The van der Waals surface area contributed by atoms with Crippen LogP contribution in [0.5, 0.6) is 0 Å². The minimum atomic E-state index is 0.472. The molecule has 6 rings (SSSR count). The van der Waals surface area contributed by atoms with Crippen molar-refractivity contribution in [1.82, 2.24) is 35.1 Å². The van der Waals surface area contributed by atoms with Crippen LogP contribution in [0.15, 0.2) is 24.7 Å². The van der Waals surface area contributed by atoms with E-state index in [-0.39, 0.29) is 0 Å². The summed E-state index contributed by atoms with van der Waals surface area (Å²) in [6.45, 7) is 7.62. The van der Waals surface area contributed by atoms with Gasteiger partial charge in [-0.15, -0.1) is 0 Å². The standard InChI is InChI=1S/C29H41N9S/c1-20-15-25(36-28(34-20)35-23-5-3-2-4-6-23)26-17-33-29(39-26)37-27-18-31-24(16-32-27)19-38-13-9-22(10-14-38)21-7-11-30-12-8-21/h15-18,21-23,30H,2-14,19H2,1H3,(H,32,33,37)(H,34,35,36). The zero-order chi connectivity index (χ0) is 26.4. The molecule has 0 aromatic carbocycles. The number of aromatic nitrogens is 5. The minimum Gasteiger partial charge on any atom is -0.351 e. The third-order valence-corrected chi connectivity index (χ3v) is 9.49. The van der Waals surface area contributed by atoms with Crippen molar-refractivity contribution in [3.8, 4) is 10.6 Å². The van der Waals surface area contributed by atoms with Gasteiger partial charge in [-0.25, -0.2) is 19.9 Å². The summed E-state index contributed by atoms with van der Waals surface area (Å²) in [6.07, 6.45) is 17.2. The minimum absolute atomic E-state index is 0.472. The number of piperidine rings is 2. The first-order valence-corrected chi connectivity index (χ1v) is 15.6. The summed E-state index contributed by atoms with van der Waals surface area (Å²) >= 11 is 1.57. The van der Waals surface area contributed by atoms with E-state index in [0.717, 1.165) is 51.4 Å². The number of likely N-dealkylation sites (tertiary alicyclic amines) is 1. The van der Waals surface area contributed by atoms with Gasteiger partial charge in [0.2, 0.25) is 5.95 Å². The number of nitrogens with one attached hydrogen (secondary N) is 3. The van der Waals surface area contributed by atoms with Gasteiger partial charge in [-0.3, -0.25) is 9.88 Å². The second-order valence-electron chi connectivity index (χ2n) is 11.4. The number of anilines is 3. The van der Waals surface area contributed by atoms with Crippen molar-refractivity contribution in [2.24, 2.45) is 11.8 Å². The molecule has 1 aliphatic carbocycles. The number of rotatable bonds is 8. The van der Waals surface area contributed by atoms with E-state index in [0.29, 0.717) is 11.9 Å². The van der Waals surface area contributed by atoms with Crippen molar-refractivity contribution in [3.63, 3.8) is 0 Å². The fourth-order valence-electron chi connectivity index (χ4n) is 6.38. The highest BCUT2D eigenvalue weighted by atomic mass is 32.1. The van der Waals surface area contributed by atoms with Crippen molar-refractivity contribution in [3.05, 3.63) is 36.0 Å². The van der Waals surface area contributed by atoms with E-state index in [1.165, 1.54) is 84.0 Å². The fraction of sp³-hybridized carbons (Fsp3) is 0.621. The first-order valence-electron chi connectivity index (χ1n) is 14.8. The summed E-state index contributed by atoms with van der Waals surface area (Å²) in [5, 5.41) is 11.2. The van der Waals surface area contributed by atoms with E-state index in [2.05, 4.69) is 35.8 Å². The highest BCUT2D eigenvalue weighted by Gasteiger charge is 2.27. The molecule has 3 N–H and O–H groups in total. The lowest BCUT2D eigenvalue weighted by Crippen LogP contribution is -2.39. The molecule has 0 atom stereocenters. The van der Waals surface area contributed by atoms with Gasteiger partial charge < -0.3 is 16.0 Å². The Morgan fingerprint density at radius 2 is 1.69 bits per heavy atom. The summed E-state index contributed by atoms with van der Waals surface area (Å²) < 4.78 is 0. The molecule has 3 aliphatic rings. The summed E-state index contributed by atoms with van der Waals surface area (Å²) in [5.41, 5.74) is 2.88. The molecule has 3 fully saturated rings. The lowest BCUT2D eigenvalue weighted by atomic mass is 9.79. The molecular weight excluding hydrogens is 506 g/mol. The molecule has 0 radical (unpaired) electrons. The Hall–Kier alpha value is -2.69. The van der Waals surface area contributed by atoms with E-state index in [1.54, 1.807) is 11.3 Å². The predicted molar refractivity (Wildman–Crippen MR) is 157 cm³/mol. The smallest absolute Gasteiger partial charge is 0.223 e. The first kappa shape index (κ1) is 26.5. The lowest BCUT2D eigenvalue weighted by Gasteiger charge is -2.37. The van der Waals surface area contributed by atoms with Gasteiger partial charge in [0.25, 0.3) is 0 Å². The molecule has 1 saturated carbocycles. The topological polar surface area (TPSA) is 104 Å². The van der Waals surface area contributed by atoms with Gasteiger partial charge in [-0.1, -0.05) is 30.6 Å². The fourth-order valence-corrected chi connectivity index (χ4v) is 7.16. The van der Waals surface area contributed by atoms with E-state index in [9.17, 15) is 0 Å². The largest absolute Gasteiger partial charge is 0.351 e. The molecule has 0 amide bonds. The van der Waals surface area contributed by atoms with Gasteiger partial charge in [-0.2, -0.15) is 0 Å². The predicted octanol–water partition coefficient (Wildman–Crippen LogP) is 5.40. The highest BCUT2D eigenvalue weighted by Crippen LogP contribution is 2.32. The Kier molecular flexibility index (Phi) is 8.61. The summed E-state index contributed by atoms with van der Waals surface area (Å²) in [4.78, 5) is 26.9. The Morgan fingerprint density at radius 3 is 2.46 bits per heavy atom. The van der Waals surface area contributed by atoms with E-state index in [1.807, 2.05) is 31.6 Å². The maximum Gasteiger partial charge on any atom is 0.223 e. The Balaban J connectivity index is 1.02. The normalized spacial score (nSPS) is 20.2.